The summed E-state index contributed by atoms with van der Waals surface area (Å²) in [6.07, 6.45) is 2.47. The maximum atomic E-state index is 12.7. The van der Waals surface area contributed by atoms with Crippen molar-refractivity contribution in [2.75, 3.05) is 38.5 Å². The first-order valence-electron chi connectivity index (χ1n) is 8.24. The highest BCUT2D eigenvalue weighted by molar-refractivity contribution is 7.99. The molecule has 2 aliphatic rings. The van der Waals surface area contributed by atoms with E-state index in [2.05, 4.69) is 15.2 Å². The molecule has 0 unspecified atom stereocenters. The van der Waals surface area contributed by atoms with Crippen LogP contribution in [0.5, 0.6) is 0 Å². The van der Waals surface area contributed by atoms with E-state index in [1.807, 2.05) is 6.92 Å². The molecule has 2 amide bonds. The van der Waals surface area contributed by atoms with Gasteiger partial charge in [-0.15, -0.1) is 5.10 Å². The number of aryl methyl sites for hydroxylation is 1. The van der Waals surface area contributed by atoms with Gasteiger partial charge in [0.1, 0.15) is 5.82 Å². The molecule has 1 atom stereocenters. The number of aromatic amines is 1. The van der Waals surface area contributed by atoms with Gasteiger partial charge in [0.25, 0.3) is 0 Å². The first kappa shape index (κ1) is 17.2. The Labute approximate surface area is 145 Å². The molecule has 3 rings (SSSR count). The minimum atomic E-state index is -0.449. The van der Waals surface area contributed by atoms with Gasteiger partial charge < -0.3 is 14.9 Å². The third-order valence-electron chi connectivity index (χ3n) is 4.80. The van der Waals surface area contributed by atoms with E-state index in [1.54, 1.807) is 9.80 Å². The molecule has 1 aromatic heterocycles. The van der Waals surface area contributed by atoms with Gasteiger partial charge in [-0.2, -0.15) is 0 Å². The monoisotopic (exact) mass is 353 g/mol. The van der Waals surface area contributed by atoms with Crippen LogP contribution in [0.1, 0.15) is 25.1 Å². The fourth-order valence-corrected chi connectivity index (χ4v) is 4.30. The molecule has 3 heterocycles. The van der Waals surface area contributed by atoms with Crippen molar-refractivity contribution >= 4 is 23.6 Å². The van der Waals surface area contributed by atoms with Crippen LogP contribution in [-0.2, 0) is 9.59 Å². The van der Waals surface area contributed by atoms with Crippen LogP contribution in [-0.4, -0.2) is 80.4 Å². The molecule has 2 N–H and O–H groups in total. The minimum Gasteiger partial charge on any atom is -0.395 e. The zero-order valence-electron chi connectivity index (χ0n) is 13.8. The lowest BCUT2D eigenvalue weighted by Gasteiger charge is -2.39. The van der Waals surface area contributed by atoms with Crippen LogP contribution >= 0.6 is 11.8 Å². The lowest BCUT2D eigenvalue weighted by atomic mass is 9.78. The van der Waals surface area contributed by atoms with Crippen molar-refractivity contribution in [3.63, 3.8) is 0 Å². The van der Waals surface area contributed by atoms with Crippen molar-refractivity contribution in [2.24, 2.45) is 5.41 Å². The molecular formula is C15H23N5O3S. The van der Waals surface area contributed by atoms with Gasteiger partial charge in [-0.05, 0) is 26.2 Å². The van der Waals surface area contributed by atoms with E-state index >= 15 is 0 Å². The van der Waals surface area contributed by atoms with Crippen LogP contribution in [0.3, 0.4) is 0 Å². The van der Waals surface area contributed by atoms with Crippen molar-refractivity contribution in [2.45, 2.75) is 31.3 Å². The average Bonchev–Trinajstić information content (AvgIpc) is 3.17. The number of likely N-dealkylation sites (tertiary alicyclic amines) is 2. The van der Waals surface area contributed by atoms with Crippen LogP contribution in [0.25, 0.3) is 0 Å². The van der Waals surface area contributed by atoms with E-state index in [0.717, 1.165) is 18.7 Å². The molecule has 1 aromatic rings. The third-order valence-corrected chi connectivity index (χ3v) is 5.63. The molecule has 2 saturated heterocycles. The van der Waals surface area contributed by atoms with Crippen LogP contribution in [0.15, 0.2) is 5.16 Å². The number of aromatic nitrogens is 3. The molecule has 24 heavy (non-hydrogen) atoms. The van der Waals surface area contributed by atoms with E-state index in [0.29, 0.717) is 37.8 Å². The van der Waals surface area contributed by atoms with E-state index in [4.69, 9.17) is 5.11 Å². The average molecular weight is 353 g/mol. The summed E-state index contributed by atoms with van der Waals surface area (Å²) in [5.74, 6) is 1.12. The van der Waals surface area contributed by atoms with Gasteiger partial charge in [0.2, 0.25) is 17.0 Å². The standard InChI is InChI=1S/C15H23N5O3S/c1-11-16-14(18-17-11)24-9-12(22)20-6-4-15(10-20)3-2-5-19(7-8-21)13(15)23/h21H,2-10H2,1H3,(H,16,17,18)/t15-/m0/s1. The van der Waals surface area contributed by atoms with Crippen molar-refractivity contribution in [1.29, 1.82) is 0 Å². The molecule has 0 bridgehead atoms. The summed E-state index contributed by atoms with van der Waals surface area (Å²) in [5.41, 5.74) is -0.449. The summed E-state index contributed by atoms with van der Waals surface area (Å²) in [6, 6.07) is 0. The molecule has 0 radical (unpaired) electrons. The predicted molar refractivity (Wildman–Crippen MR) is 88.4 cm³/mol. The number of nitrogens with zero attached hydrogens (tertiary/aromatic N) is 4. The number of nitrogens with one attached hydrogen (secondary N) is 1. The van der Waals surface area contributed by atoms with Gasteiger partial charge in [0.15, 0.2) is 0 Å². The number of hydrogen-bond acceptors (Lipinski definition) is 6. The number of carbonyl (C=O) groups is 2. The lowest BCUT2D eigenvalue weighted by molar-refractivity contribution is -0.146. The first-order chi connectivity index (χ1) is 11.5. The fourth-order valence-electron chi connectivity index (χ4n) is 3.55. The topological polar surface area (TPSA) is 102 Å². The lowest BCUT2D eigenvalue weighted by Crippen LogP contribution is -2.51. The summed E-state index contributed by atoms with van der Waals surface area (Å²) >= 11 is 1.31. The van der Waals surface area contributed by atoms with Crippen molar-refractivity contribution < 1.29 is 14.7 Å². The van der Waals surface area contributed by atoms with Gasteiger partial charge >= 0.3 is 0 Å². The summed E-state index contributed by atoms with van der Waals surface area (Å²) < 4.78 is 0. The molecule has 0 aromatic carbocycles. The molecule has 1 spiro atoms. The van der Waals surface area contributed by atoms with Crippen LogP contribution in [0, 0.1) is 12.3 Å². The number of aliphatic hydroxyl groups excluding tert-OH is 1. The first-order valence-corrected chi connectivity index (χ1v) is 9.22. The van der Waals surface area contributed by atoms with Crippen molar-refractivity contribution in [1.82, 2.24) is 25.0 Å². The Morgan fingerprint density at radius 3 is 2.96 bits per heavy atom. The predicted octanol–water partition coefficient (Wildman–Crippen LogP) is 0.0386. The number of rotatable bonds is 5. The van der Waals surface area contributed by atoms with Crippen LogP contribution < -0.4 is 0 Å². The number of amides is 2. The molecular weight excluding hydrogens is 330 g/mol. The largest absolute Gasteiger partial charge is 0.395 e. The Bertz CT molecular complexity index is 620. The molecule has 2 aliphatic heterocycles. The Morgan fingerprint density at radius 2 is 2.25 bits per heavy atom. The highest BCUT2D eigenvalue weighted by Gasteiger charge is 2.49. The van der Waals surface area contributed by atoms with Gasteiger partial charge in [0, 0.05) is 26.2 Å². The van der Waals surface area contributed by atoms with Gasteiger partial charge in [-0.1, -0.05) is 11.8 Å². The quantitative estimate of drug-likeness (QED) is 0.725. The number of H-pyrrole nitrogens is 1. The maximum Gasteiger partial charge on any atom is 0.233 e. The highest BCUT2D eigenvalue weighted by atomic mass is 32.2. The summed E-state index contributed by atoms with van der Waals surface area (Å²) in [4.78, 5) is 32.9. The molecule has 2 fully saturated rings. The third kappa shape index (κ3) is 3.41. The second kappa shape index (κ2) is 7.10. The SMILES string of the molecule is Cc1nc(SCC(=O)N2CC[C@@]3(CCCN(CCO)C3=O)C2)n[nH]1. The van der Waals surface area contributed by atoms with E-state index in [9.17, 15) is 9.59 Å². The molecule has 0 saturated carbocycles. The molecule has 8 nitrogen and oxygen atoms in total. The number of β-amino-alcohol motifs (C(OH)–C–C–N with tert-alkyl or cyclic N) is 1. The molecule has 0 aliphatic carbocycles. The van der Waals surface area contributed by atoms with Gasteiger partial charge in [-0.25, -0.2) is 4.98 Å². The normalized spacial score (nSPS) is 24.2. The molecule has 132 valence electrons. The van der Waals surface area contributed by atoms with E-state index < -0.39 is 5.41 Å². The van der Waals surface area contributed by atoms with Crippen molar-refractivity contribution in [3.8, 4) is 0 Å². The zero-order chi connectivity index (χ0) is 17.2. The minimum absolute atomic E-state index is 0.0167. The maximum absolute atomic E-state index is 12.7. The van der Waals surface area contributed by atoms with E-state index in [1.165, 1.54) is 11.8 Å². The number of piperidine rings is 1. The Kier molecular flexibility index (Phi) is 5.09. The number of aliphatic hydroxyl groups is 1. The Balaban J connectivity index is 1.57. The molecule has 9 heteroatoms. The number of hydrogen-bond donors (Lipinski definition) is 2. The van der Waals surface area contributed by atoms with Crippen LogP contribution in [0.4, 0.5) is 0 Å². The second-order valence-corrected chi connectivity index (χ2v) is 7.40. The number of thioether (sulfide) groups is 1. The fraction of sp³-hybridized carbons (Fsp3) is 0.733. The zero-order valence-corrected chi connectivity index (χ0v) is 14.6. The second-order valence-electron chi connectivity index (χ2n) is 6.46. The van der Waals surface area contributed by atoms with E-state index in [-0.39, 0.29) is 24.2 Å². The van der Waals surface area contributed by atoms with Gasteiger partial charge in [0.05, 0.1) is 17.8 Å². The van der Waals surface area contributed by atoms with Gasteiger partial charge in [-0.3, -0.25) is 14.7 Å². The Morgan fingerprint density at radius 1 is 1.42 bits per heavy atom. The highest BCUT2D eigenvalue weighted by Crippen LogP contribution is 2.40. The smallest absolute Gasteiger partial charge is 0.233 e. The summed E-state index contributed by atoms with van der Waals surface area (Å²) in [6.45, 7) is 3.99. The van der Waals surface area contributed by atoms with Crippen molar-refractivity contribution in [3.05, 3.63) is 5.82 Å². The summed E-state index contributed by atoms with van der Waals surface area (Å²) in [5, 5.41) is 16.4. The Hall–Kier alpha value is -1.61. The van der Waals surface area contributed by atoms with Crippen LogP contribution in [0.2, 0.25) is 0 Å². The number of carbonyl (C=O) groups excluding carboxylic acids is 2. The summed E-state index contributed by atoms with van der Waals surface area (Å²) in [7, 11) is 0.